The molecule has 0 aromatic heterocycles. The molecule has 0 heterocycles. The number of rotatable bonds is 6. The number of nitrogens with one attached hydrogen (secondary N) is 2. The molecule has 0 unspecified atom stereocenters. The average molecular weight is 308 g/mol. The fourth-order valence-corrected chi connectivity index (χ4v) is 2.01. The van der Waals surface area contributed by atoms with Crippen molar-refractivity contribution >= 4 is 11.8 Å². The fraction of sp³-hybridized carbons (Fsp3) is 0.500. The fourth-order valence-electron chi connectivity index (χ4n) is 2.01. The molecule has 0 aliphatic carbocycles. The van der Waals surface area contributed by atoms with Crippen molar-refractivity contribution in [2.75, 3.05) is 14.2 Å². The zero-order valence-corrected chi connectivity index (χ0v) is 13.9. The molecule has 0 bridgehead atoms. The Bertz CT molecular complexity index is 504. The lowest BCUT2D eigenvalue weighted by Crippen LogP contribution is -2.32. The molecule has 122 valence electrons. The molecule has 0 aliphatic rings. The highest BCUT2D eigenvalue weighted by Crippen LogP contribution is 2.35. The van der Waals surface area contributed by atoms with Gasteiger partial charge in [-0.15, -0.1) is 0 Å². The van der Waals surface area contributed by atoms with Crippen molar-refractivity contribution in [2.24, 2.45) is 0 Å². The number of benzene rings is 1. The predicted octanol–water partition coefficient (Wildman–Crippen LogP) is 1.98. The Morgan fingerprint density at radius 2 is 1.14 bits per heavy atom. The van der Waals surface area contributed by atoms with E-state index < -0.39 is 0 Å². The molecule has 6 nitrogen and oxygen atoms in total. The van der Waals surface area contributed by atoms with Gasteiger partial charge in [0.25, 0.3) is 11.8 Å². The first kappa shape index (κ1) is 17.8. The van der Waals surface area contributed by atoms with Crippen LogP contribution in [-0.2, 0) is 0 Å². The third-order valence-corrected chi connectivity index (χ3v) is 2.85. The van der Waals surface area contributed by atoms with Crippen LogP contribution in [0.15, 0.2) is 12.1 Å². The standard InChI is InChI=1S/C16H24N2O4/c1-9(2)17-15(19)11-7-8-12(16(20)18-10(3)4)14(22-6)13(11)21-5/h7-10H,1-6H3,(H,17,19)(H,18,20). The highest BCUT2D eigenvalue weighted by molar-refractivity contribution is 6.03. The zero-order valence-electron chi connectivity index (χ0n) is 13.9. The molecule has 0 saturated heterocycles. The zero-order chi connectivity index (χ0) is 16.9. The number of carbonyl (C=O) groups excluding carboxylic acids is 2. The first-order chi connectivity index (χ1) is 10.3. The van der Waals surface area contributed by atoms with Gasteiger partial charge in [-0.1, -0.05) is 0 Å². The normalized spacial score (nSPS) is 10.5. The molecule has 0 radical (unpaired) electrons. The maximum absolute atomic E-state index is 12.2. The van der Waals surface area contributed by atoms with Crippen molar-refractivity contribution in [3.05, 3.63) is 23.3 Å². The first-order valence-corrected chi connectivity index (χ1v) is 7.18. The molecule has 0 atom stereocenters. The van der Waals surface area contributed by atoms with Gasteiger partial charge in [-0.2, -0.15) is 0 Å². The molecule has 6 heteroatoms. The van der Waals surface area contributed by atoms with E-state index in [2.05, 4.69) is 10.6 Å². The molecular weight excluding hydrogens is 284 g/mol. The van der Waals surface area contributed by atoms with Crippen molar-refractivity contribution in [3.8, 4) is 11.5 Å². The van der Waals surface area contributed by atoms with Crippen molar-refractivity contribution in [1.82, 2.24) is 10.6 Å². The van der Waals surface area contributed by atoms with Crippen LogP contribution in [0.25, 0.3) is 0 Å². The van der Waals surface area contributed by atoms with E-state index >= 15 is 0 Å². The lowest BCUT2D eigenvalue weighted by molar-refractivity contribution is 0.0924. The molecule has 1 aromatic rings. The highest BCUT2D eigenvalue weighted by Gasteiger charge is 2.23. The van der Waals surface area contributed by atoms with E-state index in [0.29, 0.717) is 11.1 Å². The van der Waals surface area contributed by atoms with Crippen LogP contribution >= 0.6 is 0 Å². The van der Waals surface area contributed by atoms with Gasteiger partial charge >= 0.3 is 0 Å². The van der Waals surface area contributed by atoms with Crippen molar-refractivity contribution in [2.45, 2.75) is 39.8 Å². The molecule has 1 rings (SSSR count). The van der Waals surface area contributed by atoms with Crippen LogP contribution in [0.3, 0.4) is 0 Å². The largest absolute Gasteiger partial charge is 0.492 e. The Labute approximate surface area is 131 Å². The van der Waals surface area contributed by atoms with Crippen LogP contribution in [0, 0.1) is 0 Å². The molecule has 0 spiro atoms. The van der Waals surface area contributed by atoms with Crippen LogP contribution in [0.2, 0.25) is 0 Å². The Kier molecular flexibility index (Phi) is 6.22. The van der Waals surface area contributed by atoms with Crippen LogP contribution in [-0.4, -0.2) is 38.1 Å². The summed E-state index contributed by atoms with van der Waals surface area (Å²) < 4.78 is 10.6. The van der Waals surface area contributed by atoms with E-state index in [-0.39, 0.29) is 35.4 Å². The van der Waals surface area contributed by atoms with E-state index in [1.807, 2.05) is 27.7 Å². The van der Waals surface area contributed by atoms with Gasteiger partial charge in [-0.05, 0) is 39.8 Å². The van der Waals surface area contributed by atoms with E-state index in [1.54, 1.807) is 12.1 Å². The van der Waals surface area contributed by atoms with Gasteiger partial charge in [0.1, 0.15) is 0 Å². The van der Waals surface area contributed by atoms with E-state index in [0.717, 1.165) is 0 Å². The minimum Gasteiger partial charge on any atom is -0.492 e. The smallest absolute Gasteiger partial charge is 0.255 e. The predicted molar refractivity (Wildman–Crippen MR) is 84.8 cm³/mol. The van der Waals surface area contributed by atoms with Crippen LogP contribution in [0.1, 0.15) is 48.4 Å². The Balaban J connectivity index is 3.30. The molecule has 22 heavy (non-hydrogen) atoms. The van der Waals surface area contributed by atoms with Crippen molar-refractivity contribution in [1.29, 1.82) is 0 Å². The van der Waals surface area contributed by atoms with E-state index in [1.165, 1.54) is 14.2 Å². The average Bonchev–Trinajstić information content (AvgIpc) is 2.43. The Hall–Kier alpha value is -2.24. The number of carbonyl (C=O) groups is 2. The Morgan fingerprint density at radius 3 is 1.36 bits per heavy atom. The third-order valence-electron chi connectivity index (χ3n) is 2.85. The summed E-state index contributed by atoms with van der Waals surface area (Å²) in [4.78, 5) is 24.4. The molecule has 0 fully saturated rings. The summed E-state index contributed by atoms with van der Waals surface area (Å²) >= 11 is 0. The monoisotopic (exact) mass is 308 g/mol. The molecule has 2 N–H and O–H groups in total. The van der Waals surface area contributed by atoms with E-state index in [9.17, 15) is 9.59 Å². The lowest BCUT2D eigenvalue weighted by Gasteiger charge is -2.17. The highest BCUT2D eigenvalue weighted by atomic mass is 16.5. The van der Waals surface area contributed by atoms with Gasteiger partial charge in [0, 0.05) is 12.1 Å². The topological polar surface area (TPSA) is 76.7 Å². The Morgan fingerprint density at radius 1 is 0.818 bits per heavy atom. The molecule has 1 aromatic carbocycles. The maximum atomic E-state index is 12.2. The van der Waals surface area contributed by atoms with Gasteiger partial charge in [0.2, 0.25) is 0 Å². The van der Waals surface area contributed by atoms with Gasteiger partial charge in [0.05, 0.1) is 25.3 Å². The summed E-state index contributed by atoms with van der Waals surface area (Å²) in [6.45, 7) is 7.47. The summed E-state index contributed by atoms with van der Waals surface area (Å²) in [5, 5.41) is 5.58. The lowest BCUT2D eigenvalue weighted by atomic mass is 10.1. The number of hydrogen-bond donors (Lipinski definition) is 2. The van der Waals surface area contributed by atoms with Crippen LogP contribution in [0.5, 0.6) is 11.5 Å². The summed E-state index contributed by atoms with van der Waals surface area (Å²) in [5.74, 6) is -0.0592. The van der Waals surface area contributed by atoms with Crippen molar-refractivity contribution in [3.63, 3.8) is 0 Å². The van der Waals surface area contributed by atoms with Gasteiger partial charge in [0.15, 0.2) is 11.5 Å². The van der Waals surface area contributed by atoms with Gasteiger partial charge < -0.3 is 20.1 Å². The molecule has 0 aliphatic heterocycles. The van der Waals surface area contributed by atoms with Crippen LogP contribution < -0.4 is 20.1 Å². The number of methoxy groups -OCH3 is 2. The summed E-state index contributed by atoms with van der Waals surface area (Å²) in [6.07, 6.45) is 0. The van der Waals surface area contributed by atoms with Crippen LogP contribution in [0.4, 0.5) is 0 Å². The second kappa shape index (κ2) is 7.68. The summed E-state index contributed by atoms with van der Waals surface area (Å²) in [5.41, 5.74) is 0.656. The number of hydrogen-bond acceptors (Lipinski definition) is 4. The SMILES string of the molecule is COc1c(C(=O)NC(C)C)ccc(C(=O)NC(C)C)c1OC. The summed E-state index contributed by atoms with van der Waals surface area (Å²) in [7, 11) is 2.88. The summed E-state index contributed by atoms with van der Waals surface area (Å²) in [6, 6.07) is 3.11. The quantitative estimate of drug-likeness (QED) is 0.842. The minimum atomic E-state index is -0.277. The minimum absolute atomic E-state index is 0.00730. The second-order valence-corrected chi connectivity index (χ2v) is 5.48. The third kappa shape index (κ3) is 4.13. The molecule has 0 saturated carbocycles. The maximum Gasteiger partial charge on any atom is 0.255 e. The molecular formula is C16H24N2O4. The van der Waals surface area contributed by atoms with Crippen molar-refractivity contribution < 1.29 is 19.1 Å². The first-order valence-electron chi connectivity index (χ1n) is 7.18. The van der Waals surface area contributed by atoms with Gasteiger partial charge in [-0.3, -0.25) is 9.59 Å². The van der Waals surface area contributed by atoms with Gasteiger partial charge in [-0.25, -0.2) is 0 Å². The number of ether oxygens (including phenoxy) is 2. The second-order valence-electron chi connectivity index (χ2n) is 5.48. The number of amides is 2. The molecule has 2 amide bonds. The van der Waals surface area contributed by atoms with E-state index in [4.69, 9.17) is 9.47 Å².